The fourth-order valence-corrected chi connectivity index (χ4v) is 6.27. The third-order valence-corrected chi connectivity index (χ3v) is 8.04. The Morgan fingerprint density at radius 1 is 1.42 bits per heavy atom. The summed E-state index contributed by atoms with van der Waals surface area (Å²) in [6, 6.07) is -1.44. The number of rotatable bonds is 8. The molecule has 2 aliphatic rings. The molecule has 16 heteroatoms. The molecular formula is C17H18N8O5S3. The number of oxime groups is 1. The zero-order valence-electron chi connectivity index (χ0n) is 17.0. The number of nitrogens with one attached hydrogen (secondary N) is 1. The summed E-state index contributed by atoms with van der Waals surface area (Å²) in [5.74, 6) is -2.55. The average molecular weight is 511 g/mol. The van der Waals surface area contributed by atoms with E-state index in [0.29, 0.717) is 28.0 Å². The van der Waals surface area contributed by atoms with Gasteiger partial charge in [-0.15, -0.1) is 23.1 Å². The lowest BCUT2D eigenvalue weighted by molar-refractivity contribution is -0.155. The number of aliphatic carboxylic acids is 1. The smallest absolute Gasteiger partial charge is 0.353 e. The number of fused-ring (bicyclic) bond motifs is 1. The van der Waals surface area contributed by atoms with Gasteiger partial charge in [-0.25, -0.2) is 19.4 Å². The maximum absolute atomic E-state index is 12.8. The number of nitrogens with zero attached hydrogens (tertiary/aromatic N) is 6. The molecule has 2 aliphatic heterocycles. The third kappa shape index (κ3) is 4.40. The van der Waals surface area contributed by atoms with Crippen LogP contribution in [-0.2, 0) is 21.4 Å². The SMILES string of the molecule is Cn1ncnc1SCSC1=C(C(=O)O)N2C(=O)[C@@H](NC(=O)/C(=N\O)c3csc(N)n3)[C@@H]2CC1. The largest absolute Gasteiger partial charge is 0.477 e. The molecule has 13 nitrogen and oxygen atoms in total. The van der Waals surface area contributed by atoms with E-state index in [1.807, 2.05) is 0 Å². The van der Waals surface area contributed by atoms with Gasteiger partial charge in [0, 0.05) is 17.3 Å². The Morgan fingerprint density at radius 2 is 2.21 bits per heavy atom. The van der Waals surface area contributed by atoms with Crippen molar-refractivity contribution in [2.75, 3.05) is 10.8 Å². The lowest BCUT2D eigenvalue weighted by atomic mass is 9.86. The Hall–Kier alpha value is -3.11. The van der Waals surface area contributed by atoms with Crippen LogP contribution < -0.4 is 11.1 Å². The predicted molar refractivity (Wildman–Crippen MR) is 121 cm³/mol. The van der Waals surface area contributed by atoms with Crippen LogP contribution >= 0.6 is 34.9 Å². The first kappa shape index (κ1) is 23.1. The van der Waals surface area contributed by atoms with Crippen LogP contribution in [0.2, 0.25) is 0 Å². The van der Waals surface area contributed by atoms with Crippen molar-refractivity contribution in [3.05, 3.63) is 28.0 Å². The number of anilines is 1. The van der Waals surface area contributed by atoms with E-state index in [-0.39, 0.29) is 22.2 Å². The molecule has 1 fully saturated rings. The minimum absolute atomic E-state index is 0.0753. The number of aryl methyl sites for hydroxylation is 1. The lowest BCUT2D eigenvalue weighted by Gasteiger charge is -2.50. The molecule has 0 bridgehead atoms. The topological polar surface area (TPSA) is 189 Å². The number of carbonyl (C=O) groups is 3. The van der Waals surface area contributed by atoms with Gasteiger partial charge in [-0.1, -0.05) is 16.9 Å². The van der Waals surface area contributed by atoms with Gasteiger partial charge in [0.15, 0.2) is 16.0 Å². The molecule has 1 saturated heterocycles. The van der Waals surface area contributed by atoms with Crippen LogP contribution in [0.25, 0.3) is 0 Å². The van der Waals surface area contributed by atoms with E-state index in [2.05, 4.69) is 25.5 Å². The number of allylic oxidation sites excluding steroid dienone is 1. The molecule has 2 aromatic rings. The summed E-state index contributed by atoms with van der Waals surface area (Å²) in [5, 5.41) is 31.3. The molecule has 4 heterocycles. The lowest BCUT2D eigenvalue weighted by Crippen LogP contribution is -2.72. The zero-order chi connectivity index (χ0) is 23.7. The van der Waals surface area contributed by atoms with Crippen LogP contribution in [0.3, 0.4) is 0 Å². The van der Waals surface area contributed by atoms with Crippen LogP contribution in [0.5, 0.6) is 0 Å². The number of carbonyl (C=O) groups excluding carboxylic acids is 2. The zero-order valence-corrected chi connectivity index (χ0v) is 19.5. The molecule has 0 spiro atoms. The predicted octanol–water partition coefficient (Wildman–Crippen LogP) is 0.301. The fraction of sp³-hybridized carbons (Fsp3) is 0.353. The van der Waals surface area contributed by atoms with Crippen molar-refractivity contribution in [2.45, 2.75) is 30.1 Å². The standard InChI is InChI=1S/C17H18N8O5S3/c1-24-17(19-5-20-24)33-6-32-9-3-2-8-11(14(27)25(8)12(9)15(28)29)22-13(26)10(23-30)7-4-31-16(18)21-7/h4-5,8,11,30H,2-3,6H2,1H3,(H2,18,21)(H,22,26)(H,28,29)/b23-10-/t8-,11-/m0/s1. The minimum Gasteiger partial charge on any atom is -0.477 e. The summed E-state index contributed by atoms with van der Waals surface area (Å²) in [5.41, 5.74) is 5.18. The van der Waals surface area contributed by atoms with Gasteiger partial charge >= 0.3 is 5.97 Å². The first-order chi connectivity index (χ1) is 15.8. The van der Waals surface area contributed by atoms with E-state index in [1.165, 1.54) is 40.1 Å². The first-order valence-electron chi connectivity index (χ1n) is 9.45. The number of thioether (sulfide) groups is 2. The van der Waals surface area contributed by atoms with Gasteiger partial charge in [-0.05, 0) is 12.8 Å². The summed E-state index contributed by atoms with van der Waals surface area (Å²) in [7, 11) is 1.76. The van der Waals surface area contributed by atoms with E-state index in [4.69, 9.17) is 5.73 Å². The third-order valence-electron chi connectivity index (χ3n) is 5.05. The van der Waals surface area contributed by atoms with E-state index in [9.17, 15) is 24.7 Å². The minimum atomic E-state index is -1.21. The fourth-order valence-electron chi connectivity index (χ4n) is 3.56. The van der Waals surface area contributed by atoms with E-state index < -0.39 is 29.9 Å². The monoisotopic (exact) mass is 510 g/mol. The number of nitrogens with two attached hydrogens (primary N) is 1. The maximum atomic E-state index is 12.8. The Bertz CT molecular complexity index is 1180. The quantitative estimate of drug-likeness (QED) is 0.0954. The van der Waals surface area contributed by atoms with Gasteiger partial charge in [0.2, 0.25) is 0 Å². The van der Waals surface area contributed by atoms with Crippen molar-refractivity contribution in [2.24, 2.45) is 12.2 Å². The van der Waals surface area contributed by atoms with Crippen LogP contribution in [0, 0.1) is 0 Å². The van der Waals surface area contributed by atoms with E-state index in [0.717, 1.165) is 11.3 Å². The number of hydrogen-bond donors (Lipinski definition) is 4. The molecular weight excluding hydrogens is 492 g/mol. The number of amides is 2. The summed E-state index contributed by atoms with van der Waals surface area (Å²) >= 11 is 3.81. The van der Waals surface area contributed by atoms with Crippen LogP contribution in [0.1, 0.15) is 18.5 Å². The Balaban J connectivity index is 1.44. The van der Waals surface area contributed by atoms with Crippen molar-refractivity contribution in [1.82, 2.24) is 30.0 Å². The number of thiazole rings is 1. The van der Waals surface area contributed by atoms with Gasteiger partial charge in [0.25, 0.3) is 11.8 Å². The first-order valence-corrected chi connectivity index (χ1v) is 12.3. The number of carboxylic acid groups (broad SMARTS) is 1. The second-order valence-corrected chi connectivity index (χ2v) is 10.2. The van der Waals surface area contributed by atoms with Crippen LogP contribution in [0.15, 0.2) is 32.6 Å². The number of aromatic nitrogens is 4. The van der Waals surface area contributed by atoms with E-state index in [1.54, 1.807) is 11.7 Å². The van der Waals surface area contributed by atoms with Crippen molar-refractivity contribution in [3.63, 3.8) is 0 Å². The molecule has 4 rings (SSSR count). The number of carboxylic acids is 1. The van der Waals surface area contributed by atoms with Gasteiger partial charge in [-0.2, -0.15) is 5.10 Å². The highest BCUT2D eigenvalue weighted by Gasteiger charge is 2.53. The maximum Gasteiger partial charge on any atom is 0.353 e. The van der Waals surface area contributed by atoms with Crippen molar-refractivity contribution in [3.8, 4) is 0 Å². The molecule has 2 atom stereocenters. The summed E-state index contributed by atoms with van der Waals surface area (Å²) in [4.78, 5) is 47.1. The van der Waals surface area contributed by atoms with Crippen LogP contribution in [0.4, 0.5) is 5.13 Å². The van der Waals surface area contributed by atoms with Gasteiger partial charge in [0.1, 0.15) is 23.8 Å². The normalized spacial score (nSPS) is 20.5. The molecule has 2 amide bonds. The number of β-lactam (4-membered cyclic amide) rings is 1. The highest BCUT2D eigenvalue weighted by Crippen LogP contribution is 2.42. The highest BCUT2D eigenvalue weighted by molar-refractivity contribution is 8.17. The van der Waals surface area contributed by atoms with Crippen molar-refractivity contribution < 1.29 is 24.7 Å². The molecule has 33 heavy (non-hydrogen) atoms. The Morgan fingerprint density at radius 3 is 2.82 bits per heavy atom. The molecule has 0 unspecified atom stereocenters. The summed E-state index contributed by atoms with van der Waals surface area (Å²) in [6.45, 7) is 0. The molecule has 0 aliphatic carbocycles. The second kappa shape index (κ2) is 9.40. The highest BCUT2D eigenvalue weighted by atomic mass is 32.2. The van der Waals surface area contributed by atoms with Crippen LogP contribution in [-0.4, -0.2) is 75.6 Å². The van der Waals surface area contributed by atoms with E-state index >= 15 is 0 Å². The number of nitrogen functional groups attached to an aromatic ring is 1. The molecule has 174 valence electrons. The summed E-state index contributed by atoms with van der Waals surface area (Å²) < 4.78 is 1.62. The average Bonchev–Trinajstić information content (AvgIpc) is 3.39. The van der Waals surface area contributed by atoms with Gasteiger partial charge in [-0.3, -0.25) is 14.5 Å². The van der Waals surface area contributed by atoms with Gasteiger partial charge in [0.05, 0.1) is 11.1 Å². The van der Waals surface area contributed by atoms with Gasteiger partial charge < -0.3 is 21.4 Å². The molecule has 2 aromatic heterocycles. The van der Waals surface area contributed by atoms with Crippen molar-refractivity contribution in [1.29, 1.82) is 0 Å². The molecule has 0 saturated carbocycles. The molecule has 5 N–H and O–H groups in total. The Labute approximate surface area is 199 Å². The second-order valence-electron chi connectivity index (χ2n) is 6.93. The molecule has 0 aromatic carbocycles. The Kier molecular flexibility index (Phi) is 6.57. The number of hydrogen-bond acceptors (Lipinski definition) is 12. The van der Waals surface area contributed by atoms with Crippen molar-refractivity contribution >= 4 is 63.5 Å². The summed E-state index contributed by atoms with van der Waals surface area (Å²) in [6.07, 6.45) is 2.35. The molecule has 0 radical (unpaired) electrons.